The first kappa shape index (κ1) is 14.6. The number of carbonyl (C=O) groups is 1. The molecule has 2 aliphatic rings. The minimum atomic E-state index is 0.138. The fourth-order valence-electron chi connectivity index (χ4n) is 2.56. The van der Waals surface area contributed by atoms with E-state index in [0.717, 1.165) is 42.1 Å². The Labute approximate surface area is 130 Å². The lowest BCUT2D eigenvalue weighted by Crippen LogP contribution is -2.28. The van der Waals surface area contributed by atoms with Gasteiger partial charge >= 0.3 is 0 Å². The molecule has 1 N–H and O–H groups in total. The molecule has 1 fully saturated rings. The summed E-state index contributed by atoms with van der Waals surface area (Å²) in [4.78, 5) is 11.9. The predicted molar refractivity (Wildman–Crippen MR) is 84.3 cm³/mol. The molecule has 0 spiro atoms. The zero-order valence-corrected chi connectivity index (χ0v) is 13.0. The van der Waals surface area contributed by atoms with Gasteiger partial charge in [-0.05, 0) is 48.1 Å². The average Bonchev–Trinajstić information content (AvgIpc) is 3.27. The van der Waals surface area contributed by atoms with Gasteiger partial charge in [0.1, 0.15) is 13.2 Å². The molecule has 1 aliphatic carbocycles. The second-order valence-electron chi connectivity index (χ2n) is 5.91. The Morgan fingerprint density at radius 2 is 2.00 bits per heavy atom. The van der Waals surface area contributed by atoms with Gasteiger partial charge in [-0.25, -0.2) is 0 Å². The molecule has 1 aromatic rings. The Kier molecular flexibility index (Phi) is 4.29. The molecule has 4 nitrogen and oxygen atoms in total. The van der Waals surface area contributed by atoms with Gasteiger partial charge in [0.15, 0.2) is 11.5 Å². The third kappa shape index (κ3) is 3.64. The summed E-state index contributed by atoms with van der Waals surface area (Å²) in [5, 5.41) is 3.00. The lowest BCUT2D eigenvalue weighted by molar-refractivity contribution is -0.122. The SMILES string of the molecule is O=C(CC1(CS)CC1)NCCc1ccc2c(c1)OCCO2. The molecule has 0 bridgehead atoms. The first-order chi connectivity index (χ1) is 10.2. The van der Waals surface area contributed by atoms with Gasteiger partial charge in [-0.15, -0.1) is 0 Å². The smallest absolute Gasteiger partial charge is 0.220 e. The van der Waals surface area contributed by atoms with Crippen LogP contribution >= 0.6 is 12.6 Å². The zero-order chi connectivity index (χ0) is 14.7. The molecule has 1 saturated carbocycles. The number of rotatable bonds is 6. The van der Waals surface area contributed by atoms with Crippen LogP contribution in [0.1, 0.15) is 24.8 Å². The third-order valence-electron chi connectivity index (χ3n) is 4.17. The summed E-state index contributed by atoms with van der Waals surface area (Å²) in [5.74, 6) is 2.55. The van der Waals surface area contributed by atoms with Gasteiger partial charge in [-0.2, -0.15) is 12.6 Å². The number of nitrogens with one attached hydrogen (secondary N) is 1. The molecule has 1 aliphatic heterocycles. The van der Waals surface area contributed by atoms with Crippen molar-refractivity contribution < 1.29 is 14.3 Å². The van der Waals surface area contributed by atoms with Crippen molar-refractivity contribution in [3.8, 4) is 11.5 Å². The maximum absolute atomic E-state index is 11.9. The van der Waals surface area contributed by atoms with Crippen molar-refractivity contribution in [3.05, 3.63) is 23.8 Å². The van der Waals surface area contributed by atoms with Gasteiger partial charge < -0.3 is 14.8 Å². The van der Waals surface area contributed by atoms with E-state index >= 15 is 0 Å². The molecule has 0 unspecified atom stereocenters. The van der Waals surface area contributed by atoms with E-state index in [-0.39, 0.29) is 11.3 Å². The molecule has 1 heterocycles. The van der Waals surface area contributed by atoms with Gasteiger partial charge in [0.2, 0.25) is 5.91 Å². The molecular formula is C16H21NO3S. The second-order valence-corrected chi connectivity index (χ2v) is 6.23. The quantitative estimate of drug-likeness (QED) is 0.792. The van der Waals surface area contributed by atoms with Crippen LogP contribution in [0.5, 0.6) is 11.5 Å². The number of fused-ring (bicyclic) bond motifs is 1. The number of carbonyl (C=O) groups excluding carboxylic acids is 1. The number of hydrogen-bond donors (Lipinski definition) is 2. The summed E-state index contributed by atoms with van der Waals surface area (Å²) >= 11 is 4.33. The molecule has 5 heteroatoms. The second kappa shape index (κ2) is 6.18. The van der Waals surface area contributed by atoms with Gasteiger partial charge in [0.05, 0.1) is 0 Å². The van der Waals surface area contributed by atoms with Crippen molar-refractivity contribution in [2.75, 3.05) is 25.5 Å². The Bertz CT molecular complexity index is 528. The number of amides is 1. The van der Waals surface area contributed by atoms with Gasteiger partial charge in [0, 0.05) is 13.0 Å². The molecule has 1 amide bonds. The molecule has 21 heavy (non-hydrogen) atoms. The van der Waals surface area contributed by atoms with Gasteiger partial charge in [0.25, 0.3) is 0 Å². The Balaban J connectivity index is 1.46. The highest BCUT2D eigenvalue weighted by atomic mass is 32.1. The molecule has 114 valence electrons. The van der Waals surface area contributed by atoms with Gasteiger partial charge in [-0.3, -0.25) is 4.79 Å². The van der Waals surface area contributed by atoms with E-state index in [1.165, 1.54) is 0 Å². The minimum absolute atomic E-state index is 0.138. The highest BCUT2D eigenvalue weighted by molar-refractivity contribution is 7.80. The summed E-state index contributed by atoms with van der Waals surface area (Å²) in [6.07, 6.45) is 3.67. The highest BCUT2D eigenvalue weighted by Crippen LogP contribution is 2.49. The monoisotopic (exact) mass is 307 g/mol. The summed E-state index contributed by atoms with van der Waals surface area (Å²) < 4.78 is 11.1. The standard InChI is InChI=1S/C16H21NO3S/c18-15(10-16(11-21)4-5-16)17-6-3-12-1-2-13-14(9-12)20-8-7-19-13/h1-2,9,21H,3-8,10-11H2,(H,17,18). The van der Waals surface area contributed by atoms with Crippen molar-refractivity contribution in [2.45, 2.75) is 25.7 Å². The van der Waals surface area contributed by atoms with Crippen LogP contribution in [0.15, 0.2) is 18.2 Å². The molecule has 1 aromatic carbocycles. The third-order valence-corrected chi connectivity index (χ3v) is 4.84. The van der Waals surface area contributed by atoms with E-state index < -0.39 is 0 Å². The fourth-order valence-corrected chi connectivity index (χ4v) is 2.99. The molecule has 0 aromatic heterocycles. The lowest BCUT2D eigenvalue weighted by atomic mass is 10.1. The van der Waals surface area contributed by atoms with Crippen LogP contribution in [0.25, 0.3) is 0 Å². The normalized spacial score (nSPS) is 18.1. The van der Waals surface area contributed by atoms with Crippen molar-refractivity contribution in [2.24, 2.45) is 5.41 Å². The summed E-state index contributed by atoms with van der Waals surface area (Å²) in [7, 11) is 0. The maximum atomic E-state index is 11.9. The van der Waals surface area contributed by atoms with E-state index in [0.29, 0.717) is 26.2 Å². The van der Waals surface area contributed by atoms with Gasteiger partial charge in [-0.1, -0.05) is 6.07 Å². The van der Waals surface area contributed by atoms with E-state index in [2.05, 4.69) is 17.9 Å². The molecular weight excluding hydrogens is 286 g/mol. The van der Waals surface area contributed by atoms with Crippen molar-refractivity contribution in [1.29, 1.82) is 0 Å². The van der Waals surface area contributed by atoms with Crippen molar-refractivity contribution in [1.82, 2.24) is 5.32 Å². The van der Waals surface area contributed by atoms with Crippen LogP contribution in [0.3, 0.4) is 0 Å². The number of hydrogen-bond acceptors (Lipinski definition) is 4. The molecule has 0 radical (unpaired) electrons. The van der Waals surface area contributed by atoms with Crippen LogP contribution in [0.4, 0.5) is 0 Å². The topological polar surface area (TPSA) is 47.6 Å². The zero-order valence-electron chi connectivity index (χ0n) is 12.1. The van der Waals surface area contributed by atoms with Crippen LogP contribution in [-0.4, -0.2) is 31.4 Å². The van der Waals surface area contributed by atoms with E-state index in [9.17, 15) is 4.79 Å². The Morgan fingerprint density at radius 3 is 2.71 bits per heavy atom. The largest absolute Gasteiger partial charge is 0.486 e. The summed E-state index contributed by atoms with van der Waals surface area (Å²) in [5.41, 5.74) is 1.33. The first-order valence-corrected chi connectivity index (χ1v) is 8.10. The van der Waals surface area contributed by atoms with Crippen LogP contribution in [0.2, 0.25) is 0 Å². The average molecular weight is 307 g/mol. The van der Waals surface area contributed by atoms with Crippen molar-refractivity contribution in [3.63, 3.8) is 0 Å². The van der Waals surface area contributed by atoms with Crippen LogP contribution in [0, 0.1) is 5.41 Å². The Morgan fingerprint density at radius 1 is 1.24 bits per heavy atom. The number of thiol groups is 1. The molecule has 0 atom stereocenters. The van der Waals surface area contributed by atoms with Crippen LogP contribution in [-0.2, 0) is 11.2 Å². The van der Waals surface area contributed by atoms with E-state index in [4.69, 9.17) is 9.47 Å². The van der Waals surface area contributed by atoms with E-state index in [1.807, 2.05) is 18.2 Å². The number of benzene rings is 1. The lowest BCUT2D eigenvalue weighted by Gasteiger charge is -2.19. The maximum Gasteiger partial charge on any atom is 0.220 e. The molecule has 3 rings (SSSR count). The first-order valence-electron chi connectivity index (χ1n) is 7.47. The fraction of sp³-hybridized carbons (Fsp3) is 0.562. The molecule has 0 saturated heterocycles. The summed E-state index contributed by atoms with van der Waals surface area (Å²) in [6, 6.07) is 5.96. The Hall–Kier alpha value is -1.36. The summed E-state index contributed by atoms with van der Waals surface area (Å²) in [6.45, 7) is 1.86. The minimum Gasteiger partial charge on any atom is -0.486 e. The predicted octanol–water partition coefficient (Wildman–Crippen LogP) is 2.22. The van der Waals surface area contributed by atoms with Crippen molar-refractivity contribution >= 4 is 18.5 Å². The van der Waals surface area contributed by atoms with Crippen LogP contribution < -0.4 is 14.8 Å². The number of ether oxygens (including phenoxy) is 2. The highest BCUT2D eigenvalue weighted by Gasteiger charge is 2.42. The van der Waals surface area contributed by atoms with E-state index in [1.54, 1.807) is 0 Å².